The van der Waals surface area contributed by atoms with Crippen molar-refractivity contribution in [3.8, 4) is 0 Å². The molecule has 2 aromatic heterocycles. The number of nitrogens with zero attached hydrogens (tertiary/aromatic N) is 3. The van der Waals surface area contributed by atoms with Crippen LogP contribution in [-0.4, -0.2) is 14.8 Å². The van der Waals surface area contributed by atoms with Crippen molar-refractivity contribution in [1.29, 1.82) is 0 Å². The van der Waals surface area contributed by atoms with Gasteiger partial charge < -0.3 is 0 Å². The molecule has 1 atom stereocenters. The van der Waals surface area contributed by atoms with Crippen LogP contribution in [0, 0.1) is 0 Å². The molecule has 0 spiro atoms. The summed E-state index contributed by atoms with van der Waals surface area (Å²) in [5, 5.41) is 8.07. The summed E-state index contributed by atoms with van der Waals surface area (Å²) in [6, 6.07) is 0.252. The Morgan fingerprint density at radius 2 is 2.33 bits per heavy atom. The summed E-state index contributed by atoms with van der Waals surface area (Å²) in [6.07, 6.45) is 6.44. The molecule has 6 heteroatoms. The third kappa shape index (κ3) is 2.42. The second-order valence-corrected chi connectivity index (χ2v) is 6.89. The standard InChI is InChI=1S/C12H13Cl2N3S/c1-8(17-6-9(13)5-15-17)4-11-16-10(7-18-11)12(14)2-3-12/h5-8H,2-4H2,1H3/t8-/m0/s1. The molecule has 3 rings (SSSR count). The molecule has 3 nitrogen and oxygen atoms in total. The molecular weight excluding hydrogens is 289 g/mol. The number of thiazole rings is 1. The lowest BCUT2D eigenvalue weighted by molar-refractivity contribution is 0.487. The van der Waals surface area contributed by atoms with Crippen molar-refractivity contribution in [2.45, 2.75) is 37.1 Å². The largest absolute Gasteiger partial charge is 0.268 e. The Bertz CT molecular complexity index is 559. The average Bonchev–Trinajstić information content (AvgIpc) is 2.80. The summed E-state index contributed by atoms with van der Waals surface area (Å²) in [6.45, 7) is 2.11. The van der Waals surface area contributed by atoms with E-state index in [9.17, 15) is 0 Å². The zero-order valence-electron chi connectivity index (χ0n) is 9.94. The maximum atomic E-state index is 6.35. The predicted octanol–water partition coefficient (Wildman–Crippen LogP) is 4.02. The second-order valence-electron chi connectivity index (χ2n) is 4.78. The van der Waals surface area contributed by atoms with E-state index >= 15 is 0 Å². The highest BCUT2D eigenvalue weighted by Crippen LogP contribution is 2.51. The lowest BCUT2D eigenvalue weighted by atomic mass is 10.2. The van der Waals surface area contributed by atoms with E-state index in [1.54, 1.807) is 17.5 Å². The van der Waals surface area contributed by atoms with Gasteiger partial charge in [0, 0.05) is 18.0 Å². The number of hydrogen-bond acceptors (Lipinski definition) is 3. The third-order valence-corrected chi connectivity index (χ3v) is 4.83. The van der Waals surface area contributed by atoms with Crippen LogP contribution in [-0.2, 0) is 11.3 Å². The minimum atomic E-state index is -0.160. The molecule has 1 saturated carbocycles. The molecular formula is C12H13Cl2N3S. The Morgan fingerprint density at radius 1 is 1.56 bits per heavy atom. The van der Waals surface area contributed by atoms with E-state index in [0.29, 0.717) is 5.02 Å². The predicted molar refractivity (Wildman–Crippen MR) is 74.5 cm³/mol. The second kappa shape index (κ2) is 4.51. The quantitative estimate of drug-likeness (QED) is 0.798. The van der Waals surface area contributed by atoms with Crippen molar-refractivity contribution in [1.82, 2.24) is 14.8 Å². The Kier molecular flexibility index (Phi) is 3.12. The van der Waals surface area contributed by atoms with Crippen molar-refractivity contribution in [3.05, 3.63) is 33.5 Å². The van der Waals surface area contributed by atoms with Crippen LogP contribution in [0.1, 0.15) is 36.5 Å². The van der Waals surface area contributed by atoms with Gasteiger partial charge in [-0.05, 0) is 19.8 Å². The Balaban J connectivity index is 1.71. The Morgan fingerprint density at radius 3 is 2.94 bits per heavy atom. The number of aromatic nitrogens is 3. The lowest BCUT2D eigenvalue weighted by Crippen LogP contribution is -2.08. The van der Waals surface area contributed by atoms with Gasteiger partial charge in [-0.1, -0.05) is 11.6 Å². The molecule has 2 heterocycles. The molecule has 0 saturated heterocycles. The van der Waals surface area contributed by atoms with Gasteiger partial charge in [-0.2, -0.15) is 5.10 Å². The molecule has 96 valence electrons. The minimum absolute atomic E-state index is 0.160. The smallest absolute Gasteiger partial charge is 0.0950 e. The normalized spacial score (nSPS) is 18.8. The fraction of sp³-hybridized carbons (Fsp3) is 0.500. The zero-order valence-corrected chi connectivity index (χ0v) is 12.3. The van der Waals surface area contributed by atoms with Crippen LogP contribution in [0.4, 0.5) is 0 Å². The van der Waals surface area contributed by atoms with Crippen LogP contribution in [0.15, 0.2) is 17.8 Å². The van der Waals surface area contributed by atoms with Gasteiger partial charge in [0.2, 0.25) is 0 Å². The molecule has 0 amide bonds. The van der Waals surface area contributed by atoms with E-state index in [4.69, 9.17) is 23.2 Å². The first kappa shape index (κ1) is 12.5. The number of hydrogen-bond donors (Lipinski definition) is 0. The molecule has 18 heavy (non-hydrogen) atoms. The number of alkyl halides is 1. The molecule has 0 aliphatic heterocycles. The number of rotatable bonds is 4. The highest BCUT2D eigenvalue weighted by atomic mass is 35.5. The molecule has 2 aromatic rings. The van der Waals surface area contributed by atoms with Gasteiger partial charge in [0.15, 0.2) is 0 Å². The molecule has 1 fully saturated rings. The van der Waals surface area contributed by atoms with Crippen LogP contribution in [0.2, 0.25) is 5.02 Å². The van der Waals surface area contributed by atoms with E-state index in [2.05, 4.69) is 22.4 Å². The first-order valence-electron chi connectivity index (χ1n) is 5.90. The maximum absolute atomic E-state index is 6.35. The molecule has 0 N–H and O–H groups in total. The first-order valence-corrected chi connectivity index (χ1v) is 7.54. The molecule has 0 aromatic carbocycles. The Labute approximate surface area is 120 Å². The minimum Gasteiger partial charge on any atom is -0.268 e. The summed E-state index contributed by atoms with van der Waals surface area (Å²) in [4.78, 5) is 4.47. The van der Waals surface area contributed by atoms with E-state index in [1.165, 1.54) is 0 Å². The lowest BCUT2D eigenvalue weighted by Gasteiger charge is -2.09. The molecule has 1 aliphatic carbocycles. The van der Waals surface area contributed by atoms with E-state index in [0.717, 1.165) is 30.0 Å². The van der Waals surface area contributed by atoms with Crippen LogP contribution >= 0.6 is 34.5 Å². The third-order valence-electron chi connectivity index (χ3n) is 3.19. The summed E-state index contributed by atoms with van der Waals surface area (Å²) < 4.78 is 1.87. The van der Waals surface area contributed by atoms with Gasteiger partial charge in [0.05, 0.1) is 32.8 Å². The monoisotopic (exact) mass is 301 g/mol. The summed E-state index contributed by atoms with van der Waals surface area (Å²) in [5.74, 6) is 0. The van der Waals surface area contributed by atoms with Crippen molar-refractivity contribution in [3.63, 3.8) is 0 Å². The van der Waals surface area contributed by atoms with Crippen molar-refractivity contribution in [2.75, 3.05) is 0 Å². The van der Waals surface area contributed by atoms with Gasteiger partial charge >= 0.3 is 0 Å². The molecule has 0 bridgehead atoms. The molecule has 1 aliphatic rings. The van der Waals surface area contributed by atoms with Crippen LogP contribution in [0.5, 0.6) is 0 Å². The summed E-state index contributed by atoms with van der Waals surface area (Å²) in [7, 11) is 0. The van der Waals surface area contributed by atoms with Gasteiger partial charge in [-0.25, -0.2) is 4.98 Å². The van der Waals surface area contributed by atoms with Crippen molar-refractivity contribution < 1.29 is 0 Å². The summed E-state index contributed by atoms with van der Waals surface area (Å²) >= 11 is 13.9. The van der Waals surface area contributed by atoms with Gasteiger partial charge in [-0.3, -0.25) is 4.68 Å². The highest BCUT2D eigenvalue weighted by molar-refractivity contribution is 7.09. The Hall–Kier alpha value is -0.580. The SMILES string of the molecule is C[C@@H](Cc1nc(C2(Cl)CC2)cs1)n1cc(Cl)cn1. The van der Waals surface area contributed by atoms with Crippen molar-refractivity contribution in [2.24, 2.45) is 0 Å². The fourth-order valence-electron chi connectivity index (χ4n) is 1.88. The van der Waals surface area contributed by atoms with Gasteiger partial charge in [-0.15, -0.1) is 22.9 Å². The van der Waals surface area contributed by atoms with E-state index in [-0.39, 0.29) is 10.9 Å². The molecule has 0 radical (unpaired) electrons. The summed E-state index contributed by atoms with van der Waals surface area (Å²) in [5.41, 5.74) is 1.04. The van der Waals surface area contributed by atoms with Crippen LogP contribution in [0.3, 0.4) is 0 Å². The van der Waals surface area contributed by atoms with Crippen LogP contribution in [0.25, 0.3) is 0 Å². The van der Waals surface area contributed by atoms with E-state index in [1.807, 2.05) is 10.9 Å². The van der Waals surface area contributed by atoms with Gasteiger partial charge in [0.1, 0.15) is 0 Å². The molecule has 0 unspecified atom stereocenters. The average molecular weight is 302 g/mol. The maximum Gasteiger partial charge on any atom is 0.0950 e. The van der Waals surface area contributed by atoms with Crippen LogP contribution < -0.4 is 0 Å². The number of halogens is 2. The highest BCUT2D eigenvalue weighted by Gasteiger charge is 2.44. The fourth-order valence-corrected chi connectivity index (χ4v) is 3.29. The zero-order chi connectivity index (χ0) is 12.8. The van der Waals surface area contributed by atoms with E-state index < -0.39 is 0 Å². The first-order chi connectivity index (χ1) is 8.57. The van der Waals surface area contributed by atoms with Gasteiger partial charge in [0.25, 0.3) is 0 Å². The topological polar surface area (TPSA) is 30.7 Å². The van der Waals surface area contributed by atoms with Crippen molar-refractivity contribution >= 4 is 34.5 Å².